The van der Waals surface area contributed by atoms with Crippen molar-refractivity contribution in [3.05, 3.63) is 69.9 Å². The first-order valence-corrected chi connectivity index (χ1v) is 10.5. The van der Waals surface area contributed by atoms with Crippen LogP contribution < -0.4 is 15.6 Å². The summed E-state index contributed by atoms with van der Waals surface area (Å²) >= 11 is 0. The molecule has 0 aliphatic carbocycles. The molecule has 1 unspecified atom stereocenters. The summed E-state index contributed by atoms with van der Waals surface area (Å²) in [6.07, 6.45) is 2.20. The van der Waals surface area contributed by atoms with Gasteiger partial charge in [0.1, 0.15) is 5.58 Å². The summed E-state index contributed by atoms with van der Waals surface area (Å²) in [6.45, 7) is 10.6. The molecule has 1 saturated heterocycles. The molecule has 1 atom stereocenters. The lowest BCUT2D eigenvalue weighted by molar-refractivity contribution is 0.274. The smallest absolute Gasteiger partial charge is 0.200 e. The van der Waals surface area contributed by atoms with Gasteiger partial charge in [0.25, 0.3) is 0 Å². The molecular formula is C25H30N2O2. The second kappa shape index (κ2) is 7.58. The lowest BCUT2D eigenvalue weighted by Crippen LogP contribution is -2.37. The van der Waals surface area contributed by atoms with Crippen LogP contribution in [0.15, 0.2) is 57.7 Å². The van der Waals surface area contributed by atoms with Crippen LogP contribution in [0.1, 0.15) is 50.8 Å². The SMILES string of the molecule is Cc1cc(C(C)Nc2ccccc2)c2oc(N3CCC(C)(C)CC3)cc(=O)c2c1. The second-order valence-corrected chi connectivity index (χ2v) is 9.06. The lowest BCUT2D eigenvalue weighted by atomic mass is 9.83. The predicted octanol–water partition coefficient (Wildman–Crippen LogP) is 5.90. The average Bonchev–Trinajstić information content (AvgIpc) is 2.68. The number of hydrogen-bond donors (Lipinski definition) is 1. The highest BCUT2D eigenvalue weighted by molar-refractivity contribution is 5.82. The van der Waals surface area contributed by atoms with Gasteiger partial charge in [-0.15, -0.1) is 0 Å². The van der Waals surface area contributed by atoms with Crippen molar-refractivity contribution in [1.29, 1.82) is 0 Å². The van der Waals surface area contributed by atoms with Gasteiger partial charge >= 0.3 is 0 Å². The van der Waals surface area contributed by atoms with Crippen LogP contribution in [-0.2, 0) is 0 Å². The van der Waals surface area contributed by atoms with E-state index >= 15 is 0 Å². The van der Waals surface area contributed by atoms with Crippen molar-refractivity contribution in [3.63, 3.8) is 0 Å². The Labute approximate surface area is 172 Å². The first-order valence-electron chi connectivity index (χ1n) is 10.5. The van der Waals surface area contributed by atoms with E-state index in [1.807, 2.05) is 43.3 Å². The fourth-order valence-electron chi connectivity index (χ4n) is 4.09. The van der Waals surface area contributed by atoms with Gasteiger partial charge in [-0.1, -0.05) is 38.1 Å². The van der Waals surface area contributed by atoms with E-state index in [-0.39, 0.29) is 11.5 Å². The maximum Gasteiger partial charge on any atom is 0.200 e. The quantitative estimate of drug-likeness (QED) is 0.602. The molecule has 0 bridgehead atoms. The van der Waals surface area contributed by atoms with E-state index in [9.17, 15) is 4.79 Å². The fourth-order valence-corrected chi connectivity index (χ4v) is 4.09. The van der Waals surface area contributed by atoms with Crippen molar-refractivity contribution in [3.8, 4) is 0 Å². The molecule has 2 heterocycles. The van der Waals surface area contributed by atoms with E-state index in [4.69, 9.17) is 4.42 Å². The molecule has 1 fully saturated rings. The van der Waals surface area contributed by atoms with Gasteiger partial charge in [0.15, 0.2) is 11.3 Å². The highest BCUT2D eigenvalue weighted by Gasteiger charge is 2.27. The van der Waals surface area contributed by atoms with Crippen molar-refractivity contribution in [2.75, 3.05) is 23.3 Å². The van der Waals surface area contributed by atoms with Crippen LogP contribution in [0.4, 0.5) is 11.6 Å². The largest absolute Gasteiger partial charge is 0.440 e. The average molecular weight is 391 g/mol. The molecule has 4 heteroatoms. The highest BCUT2D eigenvalue weighted by atomic mass is 16.4. The summed E-state index contributed by atoms with van der Waals surface area (Å²) in [7, 11) is 0. The molecule has 0 radical (unpaired) electrons. The van der Waals surface area contributed by atoms with Crippen molar-refractivity contribution in [2.45, 2.75) is 46.6 Å². The maximum absolute atomic E-state index is 12.9. The number of rotatable bonds is 4. The minimum atomic E-state index is 0.0125. The maximum atomic E-state index is 12.9. The highest BCUT2D eigenvalue weighted by Crippen LogP contribution is 2.34. The Morgan fingerprint density at radius 2 is 1.76 bits per heavy atom. The molecule has 1 aliphatic heterocycles. The summed E-state index contributed by atoms with van der Waals surface area (Å²) in [4.78, 5) is 15.2. The van der Waals surface area contributed by atoms with Gasteiger partial charge in [-0.25, -0.2) is 0 Å². The van der Waals surface area contributed by atoms with Gasteiger partial charge in [-0.3, -0.25) is 4.79 Å². The van der Waals surface area contributed by atoms with Crippen molar-refractivity contribution >= 4 is 22.5 Å². The molecule has 152 valence electrons. The molecule has 2 aromatic carbocycles. The van der Waals surface area contributed by atoms with Gasteiger partial charge in [0.2, 0.25) is 0 Å². The third-order valence-electron chi connectivity index (χ3n) is 6.04. The molecule has 29 heavy (non-hydrogen) atoms. The van der Waals surface area contributed by atoms with Crippen molar-refractivity contribution in [2.24, 2.45) is 5.41 Å². The standard InChI is InChI=1S/C25H30N2O2/c1-17-14-20(18(2)26-19-8-6-5-7-9-19)24-21(15-17)22(28)16-23(29-24)27-12-10-25(3,4)11-13-27/h5-9,14-16,18,26H,10-13H2,1-4H3. The number of benzene rings is 2. The number of para-hydroxylation sites is 1. The number of piperidine rings is 1. The van der Waals surface area contributed by atoms with Crippen LogP contribution in [0.3, 0.4) is 0 Å². The Morgan fingerprint density at radius 1 is 1.07 bits per heavy atom. The fraction of sp³-hybridized carbons (Fsp3) is 0.400. The van der Waals surface area contributed by atoms with Crippen molar-refractivity contribution in [1.82, 2.24) is 0 Å². The summed E-state index contributed by atoms with van der Waals surface area (Å²) in [5, 5.41) is 4.19. The molecule has 4 nitrogen and oxygen atoms in total. The monoisotopic (exact) mass is 390 g/mol. The number of nitrogens with zero attached hydrogens (tertiary/aromatic N) is 1. The predicted molar refractivity (Wildman–Crippen MR) is 121 cm³/mol. The molecule has 3 aromatic rings. The number of aryl methyl sites for hydroxylation is 1. The molecular weight excluding hydrogens is 360 g/mol. The minimum absolute atomic E-state index is 0.0125. The van der Waals surface area contributed by atoms with Crippen molar-refractivity contribution < 1.29 is 4.42 Å². The van der Waals surface area contributed by atoms with E-state index in [0.29, 0.717) is 22.3 Å². The number of hydrogen-bond acceptors (Lipinski definition) is 4. The third kappa shape index (κ3) is 4.16. The summed E-state index contributed by atoms with van der Waals surface area (Å²) < 4.78 is 6.38. The third-order valence-corrected chi connectivity index (χ3v) is 6.04. The van der Waals surface area contributed by atoms with Gasteiger partial charge in [0, 0.05) is 30.4 Å². The van der Waals surface area contributed by atoms with E-state index in [2.05, 4.69) is 37.1 Å². The van der Waals surface area contributed by atoms with Gasteiger partial charge < -0.3 is 14.6 Å². The Balaban J connectivity index is 1.74. The molecule has 4 rings (SSSR count). The molecule has 1 aromatic heterocycles. The van der Waals surface area contributed by atoms with Gasteiger partial charge in [-0.2, -0.15) is 0 Å². The van der Waals surface area contributed by atoms with Crippen LogP contribution >= 0.6 is 0 Å². The van der Waals surface area contributed by atoms with Gasteiger partial charge in [-0.05, 0) is 55.9 Å². The van der Waals surface area contributed by atoms with Crippen LogP contribution in [0.5, 0.6) is 0 Å². The minimum Gasteiger partial charge on any atom is -0.440 e. The first kappa shape index (κ1) is 19.6. The van der Waals surface area contributed by atoms with E-state index in [1.54, 1.807) is 6.07 Å². The Bertz CT molecular complexity index is 1060. The van der Waals surface area contributed by atoms with Gasteiger partial charge in [0.05, 0.1) is 11.4 Å². The van der Waals surface area contributed by atoms with Crippen LogP contribution in [0.25, 0.3) is 11.0 Å². The Kier molecular flexibility index (Phi) is 5.12. The topological polar surface area (TPSA) is 45.5 Å². The molecule has 0 saturated carbocycles. The molecule has 1 aliphatic rings. The second-order valence-electron chi connectivity index (χ2n) is 9.06. The Hall–Kier alpha value is -2.75. The summed E-state index contributed by atoms with van der Waals surface area (Å²) in [5.41, 5.74) is 4.20. The zero-order valence-electron chi connectivity index (χ0n) is 17.8. The Morgan fingerprint density at radius 3 is 2.45 bits per heavy atom. The zero-order valence-corrected chi connectivity index (χ0v) is 17.8. The molecule has 1 N–H and O–H groups in total. The summed E-state index contributed by atoms with van der Waals surface area (Å²) in [6, 6.07) is 15.9. The van der Waals surface area contributed by atoms with E-state index < -0.39 is 0 Å². The van der Waals surface area contributed by atoms with E-state index in [1.165, 1.54) is 0 Å². The number of fused-ring (bicyclic) bond motifs is 1. The van der Waals surface area contributed by atoms with E-state index in [0.717, 1.165) is 42.7 Å². The normalized spacial score (nSPS) is 17.3. The summed E-state index contributed by atoms with van der Waals surface area (Å²) in [5.74, 6) is 0.690. The number of nitrogens with one attached hydrogen (secondary N) is 1. The van der Waals surface area contributed by atoms with Crippen LogP contribution in [0, 0.1) is 12.3 Å². The zero-order chi connectivity index (χ0) is 20.6. The van der Waals surface area contributed by atoms with Crippen LogP contribution in [-0.4, -0.2) is 13.1 Å². The van der Waals surface area contributed by atoms with Crippen LogP contribution in [0.2, 0.25) is 0 Å². The molecule has 0 spiro atoms. The number of anilines is 2. The first-order chi connectivity index (χ1) is 13.8. The lowest BCUT2D eigenvalue weighted by Gasteiger charge is -2.37. The molecule has 0 amide bonds.